The minimum absolute atomic E-state index is 0.0481. The smallest absolute Gasteiger partial charge is 0.0954 e. The van der Waals surface area contributed by atoms with Crippen molar-refractivity contribution in [1.82, 2.24) is 0 Å². The summed E-state index contributed by atoms with van der Waals surface area (Å²) >= 11 is 0. The van der Waals surface area contributed by atoms with Crippen molar-refractivity contribution in [3.05, 3.63) is 0 Å². The van der Waals surface area contributed by atoms with Crippen LogP contribution in [0.3, 0.4) is 0 Å². The van der Waals surface area contributed by atoms with E-state index in [-0.39, 0.29) is 6.61 Å². The van der Waals surface area contributed by atoms with Crippen molar-refractivity contribution in [2.45, 2.75) is 24.5 Å². The van der Waals surface area contributed by atoms with E-state index in [4.69, 9.17) is 15.3 Å². The molecule has 0 bridgehead atoms. The summed E-state index contributed by atoms with van der Waals surface area (Å²) in [5, 5.41) is 25.9. The molecule has 0 radical (unpaired) electrons. The number of rotatable bonds is 2. The van der Waals surface area contributed by atoms with Crippen LogP contribution < -0.4 is 0 Å². The lowest BCUT2D eigenvalue weighted by Crippen LogP contribution is -2.14. The first kappa shape index (κ1) is 6.01. The second-order valence-electron chi connectivity index (χ2n) is 2.30. The Labute approximate surface area is 47.6 Å². The Kier molecular flexibility index (Phi) is 1.27. The minimum Gasteiger partial charge on any atom is -0.396 e. The third-order valence-electron chi connectivity index (χ3n) is 1.55. The average Bonchev–Trinajstić information content (AvgIpc) is 2.16. The summed E-state index contributed by atoms with van der Waals surface area (Å²) in [7, 11) is 0. The molecule has 48 valence electrons. The normalized spacial score (nSPS) is 44.6. The van der Waals surface area contributed by atoms with E-state index in [2.05, 4.69) is 0 Å². The fourth-order valence-electron chi connectivity index (χ4n) is 0.738. The van der Waals surface area contributed by atoms with E-state index in [0.717, 1.165) is 0 Å². The van der Waals surface area contributed by atoms with Gasteiger partial charge in [0, 0.05) is 19.4 Å². The van der Waals surface area contributed by atoms with Crippen LogP contribution in [0.5, 0.6) is 0 Å². The minimum atomic E-state index is -0.936. The molecule has 1 rings (SSSR count). The van der Waals surface area contributed by atoms with Crippen molar-refractivity contribution in [3.8, 4) is 0 Å². The van der Waals surface area contributed by atoms with Crippen LogP contribution in [0.25, 0.3) is 0 Å². The SMILES string of the molecule is OCC[C@@]1(O)C[C@@H]1O. The maximum Gasteiger partial charge on any atom is 0.0954 e. The van der Waals surface area contributed by atoms with Gasteiger partial charge in [-0.3, -0.25) is 0 Å². The zero-order valence-electron chi connectivity index (χ0n) is 4.54. The van der Waals surface area contributed by atoms with Gasteiger partial charge in [-0.1, -0.05) is 0 Å². The van der Waals surface area contributed by atoms with Crippen molar-refractivity contribution in [2.75, 3.05) is 6.61 Å². The fraction of sp³-hybridized carbons (Fsp3) is 1.00. The highest BCUT2D eigenvalue weighted by Gasteiger charge is 2.51. The van der Waals surface area contributed by atoms with Gasteiger partial charge in [-0.15, -0.1) is 0 Å². The lowest BCUT2D eigenvalue weighted by molar-refractivity contribution is 0.0618. The monoisotopic (exact) mass is 118 g/mol. The molecule has 0 saturated heterocycles. The quantitative estimate of drug-likeness (QED) is 0.429. The van der Waals surface area contributed by atoms with Crippen LogP contribution in [0, 0.1) is 0 Å². The van der Waals surface area contributed by atoms with Gasteiger partial charge in [-0.05, 0) is 0 Å². The number of hydrogen-bond acceptors (Lipinski definition) is 3. The molecule has 0 aromatic rings. The summed E-state index contributed by atoms with van der Waals surface area (Å²) in [6.07, 6.45) is 0.136. The average molecular weight is 118 g/mol. The summed E-state index contributed by atoms with van der Waals surface area (Å²) in [6, 6.07) is 0. The Balaban J connectivity index is 2.25. The molecule has 0 aromatic carbocycles. The fourth-order valence-corrected chi connectivity index (χ4v) is 0.738. The van der Waals surface area contributed by atoms with Crippen LogP contribution in [0.1, 0.15) is 12.8 Å². The van der Waals surface area contributed by atoms with E-state index in [1.807, 2.05) is 0 Å². The van der Waals surface area contributed by atoms with Crippen LogP contribution in [-0.2, 0) is 0 Å². The summed E-state index contributed by atoms with van der Waals surface area (Å²) in [4.78, 5) is 0. The highest BCUT2D eigenvalue weighted by molar-refractivity contribution is 5.03. The third kappa shape index (κ3) is 0.844. The Hall–Kier alpha value is -0.120. The highest BCUT2D eigenvalue weighted by atomic mass is 16.4. The molecule has 1 saturated carbocycles. The van der Waals surface area contributed by atoms with Crippen LogP contribution in [0.4, 0.5) is 0 Å². The molecule has 1 aliphatic carbocycles. The molecule has 1 fully saturated rings. The lowest BCUT2D eigenvalue weighted by Gasteiger charge is -2.02. The van der Waals surface area contributed by atoms with Gasteiger partial charge in [0.15, 0.2) is 0 Å². The zero-order valence-corrected chi connectivity index (χ0v) is 4.54. The number of aliphatic hydroxyl groups is 3. The van der Waals surface area contributed by atoms with Crippen molar-refractivity contribution in [3.63, 3.8) is 0 Å². The van der Waals surface area contributed by atoms with Crippen LogP contribution in [-0.4, -0.2) is 33.6 Å². The first-order chi connectivity index (χ1) is 3.69. The third-order valence-corrected chi connectivity index (χ3v) is 1.55. The van der Waals surface area contributed by atoms with E-state index in [1.54, 1.807) is 0 Å². The Morgan fingerprint density at radius 2 is 2.12 bits per heavy atom. The first-order valence-corrected chi connectivity index (χ1v) is 2.70. The molecule has 0 heterocycles. The molecule has 1 aliphatic rings. The molecule has 0 amide bonds. The second kappa shape index (κ2) is 1.69. The molecule has 2 atom stereocenters. The Bertz CT molecular complexity index is 93.7. The summed E-state index contributed by atoms with van der Waals surface area (Å²) in [5.74, 6) is 0. The molecule has 3 heteroatoms. The Morgan fingerprint density at radius 1 is 1.62 bits per heavy atom. The summed E-state index contributed by atoms with van der Waals surface area (Å²) in [5.41, 5.74) is -0.936. The van der Waals surface area contributed by atoms with E-state index in [1.165, 1.54) is 0 Å². The lowest BCUT2D eigenvalue weighted by atomic mass is 10.2. The molecule has 3 nitrogen and oxygen atoms in total. The molecule has 0 aliphatic heterocycles. The van der Waals surface area contributed by atoms with E-state index < -0.39 is 11.7 Å². The number of aliphatic hydroxyl groups excluding tert-OH is 2. The van der Waals surface area contributed by atoms with Crippen LogP contribution in [0.2, 0.25) is 0 Å². The van der Waals surface area contributed by atoms with Crippen molar-refractivity contribution in [1.29, 1.82) is 0 Å². The summed E-state index contributed by atoms with van der Waals surface area (Å²) < 4.78 is 0. The van der Waals surface area contributed by atoms with Gasteiger partial charge in [0.1, 0.15) is 0 Å². The van der Waals surface area contributed by atoms with Gasteiger partial charge < -0.3 is 15.3 Å². The van der Waals surface area contributed by atoms with Gasteiger partial charge in [0.05, 0.1) is 11.7 Å². The van der Waals surface area contributed by atoms with Gasteiger partial charge in [-0.25, -0.2) is 0 Å². The van der Waals surface area contributed by atoms with E-state index in [9.17, 15) is 0 Å². The van der Waals surface area contributed by atoms with Gasteiger partial charge in [0.2, 0.25) is 0 Å². The van der Waals surface area contributed by atoms with Crippen LogP contribution >= 0.6 is 0 Å². The first-order valence-electron chi connectivity index (χ1n) is 2.70. The van der Waals surface area contributed by atoms with Crippen molar-refractivity contribution in [2.24, 2.45) is 0 Å². The molecular formula is C5H10O3. The maximum absolute atomic E-state index is 8.99. The van der Waals surface area contributed by atoms with Gasteiger partial charge >= 0.3 is 0 Å². The molecule has 0 spiro atoms. The van der Waals surface area contributed by atoms with E-state index in [0.29, 0.717) is 12.8 Å². The van der Waals surface area contributed by atoms with Crippen LogP contribution in [0.15, 0.2) is 0 Å². The molecule has 0 aromatic heterocycles. The molecular weight excluding hydrogens is 108 g/mol. The number of hydrogen-bond donors (Lipinski definition) is 3. The molecule has 8 heavy (non-hydrogen) atoms. The zero-order chi connectivity index (χ0) is 6.20. The summed E-state index contributed by atoms with van der Waals surface area (Å²) in [6.45, 7) is -0.0481. The van der Waals surface area contributed by atoms with Gasteiger partial charge in [0.25, 0.3) is 0 Å². The topological polar surface area (TPSA) is 60.7 Å². The predicted molar refractivity (Wildman–Crippen MR) is 27.3 cm³/mol. The second-order valence-corrected chi connectivity index (χ2v) is 2.30. The van der Waals surface area contributed by atoms with Gasteiger partial charge in [-0.2, -0.15) is 0 Å². The standard InChI is InChI=1S/C5H10O3/c6-2-1-5(8)3-4(5)7/h4,6-8H,1-3H2/t4-,5+/m0/s1. The Morgan fingerprint density at radius 3 is 2.25 bits per heavy atom. The van der Waals surface area contributed by atoms with Crippen molar-refractivity contribution < 1.29 is 15.3 Å². The van der Waals surface area contributed by atoms with E-state index >= 15 is 0 Å². The molecule has 3 N–H and O–H groups in total. The molecule has 0 unspecified atom stereocenters. The van der Waals surface area contributed by atoms with Crippen molar-refractivity contribution >= 4 is 0 Å². The largest absolute Gasteiger partial charge is 0.396 e. The highest BCUT2D eigenvalue weighted by Crippen LogP contribution is 2.38. The predicted octanol–water partition coefficient (Wildman–Crippen LogP) is -1.14. The maximum atomic E-state index is 8.99.